The normalized spacial score (nSPS) is 20.5. The summed E-state index contributed by atoms with van der Waals surface area (Å²) < 4.78 is 5.39. The minimum atomic E-state index is -0.414. The Hall–Kier alpha value is -1.42. The number of hydrogen-bond acceptors (Lipinski definition) is 4. The molecule has 0 amide bonds. The van der Waals surface area contributed by atoms with Crippen LogP contribution in [0.15, 0.2) is 24.5 Å². The van der Waals surface area contributed by atoms with Crippen LogP contribution in [0, 0.1) is 0 Å². The molecule has 0 bridgehead atoms. The van der Waals surface area contributed by atoms with Gasteiger partial charge in [0.15, 0.2) is 0 Å². The molecular weight excluding hydrogens is 240 g/mol. The molecule has 4 heteroatoms. The lowest BCUT2D eigenvalue weighted by molar-refractivity contribution is -0.156. The average molecular weight is 262 g/mol. The molecule has 4 nitrogen and oxygen atoms in total. The van der Waals surface area contributed by atoms with E-state index in [0.29, 0.717) is 12.6 Å². The molecule has 0 unspecified atom stereocenters. The summed E-state index contributed by atoms with van der Waals surface area (Å²) in [6.07, 6.45) is 5.82. The molecule has 0 radical (unpaired) electrons. The minimum Gasteiger partial charge on any atom is -0.459 e. The molecule has 1 aromatic heterocycles. The van der Waals surface area contributed by atoms with E-state index in [1.54, 1.807) is 12.4 Å². The van der Waals surface area contributed by atoms with Crippen molar-refractivity contribution in [3.63, 3.8) is 0 Å². The van der Waals surface area contributed by atoms with Gasteiger partial charge in [-0.15, -0.1) is 0 Å². The van der Waals surface area contributed by atoms with Crippen molar-refractivity contribution < 1.29 is 9.53 Å². The van der Waals surface area contributed by atoms with Crippen molar-refractivity contribution in [2.24, 2.45) is 0 Å². The van der Waals surface area contributed by atoms with E-state index in [-0.39, 0.29) is 5.97 Å². The Kier molecular flexibility index (Phi) is 4.20. The first-order valence-corrected chi connectivity index (χ1v) is 6.81. The first-order valence-electron chi connectivity index (χ1n) is 6.81. The highest BCUT2D eigenvalue weighted by molar-refractivity contribution is 5.72. The molecule has 2 rings (SSSR count). The number of hydrogen-bond donors (Lipinski definition) is 0. The van der Waals surface area contributed by atoms with Crippen LogP contribution in [0.3, 0.4) is 0 Å². The van der Waals surface area contributed by atoms with Gasteiger partial charge in [-0.05, 0) is 57.9 Å². The van der Waals surface area contributed by atoms with Crippen LogP contribution in [0.4, 0.5) is 0 Å². The van der Waals surface area contributed by atoms with Crippen molar-refractivity contribution in [2.75, 3.05) is 13.1 Å². The highest BCUT2D eigenvalue weighted by Gasteiger charge is 2.29. The van der Waals surface area contributed by atoms with Crippen molar-refractivity contribution >= 4 is 5.97 Å². The number of ether oxygens (including phenoxy) is 1. The minimum absolute atomic E-state index is 0.145. The third-order valence-corrected chi connectivity index (χ3v) is 3.21. The van der Waals surface area contributed by atoms with Crippen LogP contribution in [-0.2, 0) is 9.53 Å². The molecule has 1 aliphatic heterocycles. The monoisotopic (exact) mass is 262 g/mol. The zero-order valence-electron chi connectivity index (χ0n) is 11.9. The Bertz CT molecular complexity index is 426. The van der Waals surface area contributed by atoms with Gasteiger partial charge >= 0.3 is 5.97 Å². The Balaban J connectivity index is 1.98. The summed E-state index contributed by atoms with van der Waals surface area (Å²) in [4.78, 5) is 18.2. The summed E-state index contributed by atoms with van der Waals surface area (Å²) in [5, 5.41) is 0. The molecule has 0 N–H and O–H groups in total. The smallest absolute Gasteiger partial charge is 0.320 e. The van der Waals surface area contributed by atoms with E-state index in [2.05, 4.69) is 9.88 Å². The Labute approximate surface area is 114 Å². The summed E-state index contributed by atoms with van der Waals surface area (Å²) in [6, 6.07) is 4.37. The summed E-state index contributed by atoms with van der Waals surface area (Å²) >= 11 is 0. The van der Waals surface area contributed by atoms with E-state index in [9.17, 15) is 4.79 Å². The van der Waals surface area contributed by atoms with Gasteiger partial charge < -0.3 is 4.74 Å². The molecular formula is C15H22N2O2. The van der Waals surface area contributed by atoms with Gasteiger partial charge in [-0.1, -0.05) is 0 Å². The Morgan fingerprint density at radius 1 is 1.42 bits per heavy atom. The summed E-state index contributed by atoms with van der Waals surface area (Å²) in [6.45, 7) is 7.01. The van der Waals surface area contributed by atoms with Gasteiger partial charge in [0.05, 0.1) is 6.54 Å². The summed E-state index contributed by atoms with van der Waals surface area (Å²) in [7, 11) is 0. The number of aromatic nitrogens is 1. The topological polar surface area (TPSA) is 42.4 Å². The first-order chi connectivity index (χ1) is 8.96. The molecule has 1 aromatic rings. The van der Waals surface area contributed by atoms with Gasteiger partial charge in [-0.2, -0.15) is 0 Å². The van der Waals surface area contributed by atoms with E-state index in [4.69, 9.17) is 4.74 Å². The standard InChI is InChI=1S/C15H22N2O2/c1-15(2,3)19-14(18)11-17-10-4-5-13(17)12-6-8-16-9-7-12/h6-9,13H,4-5,10-11H2,1-3H3/t13-/m1/s1. The fraction of sp³-hybridized carbons (Fsp3) is 0.600. The number of nitrogens with zero attached hydrogens (tertiary/aromatic N) is 2. The van der Waals surface area contributed by atoms with Crippen molar-refractivity contribution in [3.05, 3.63) is 30.1 Å². The highest BCUT2D eigenvalue weighted by atomic mass is 16.6. The van der Waals surface area contributed by atoms with E-state index < -0.39 is 5.60 Å². The molecule has 1 fully saturated rings. The Morgan fingerprint density at radius 2 is 2.11 bits per heavy atom. The van der Waals surface area contributed by atoms with Gasteiger partial charge in [0.25, 0.3) is 0 Å². The van der Waals surface area contributed by atoms with Crippen molar-refractivity contribution in [2.45, 2.75) is 45.3 Å². The number of likely N-dealkylation sites (tertiary alicyclic amines) is 1. The number of carbonyl (C=O) groups excluding carboxylic acids is 1. The van der Waals surface area contributed by atoms with E-state index in [0.717, 1.165) is 19.4 Å². The molecule has 0 aromatic carbocycles. The Morgan fingerprint density at radius 3 is 2.74 bits per heavy atom. The van der Waals surface area contributed by atoms with Crippen molar-refractivity contribution in [1.82, 2.24) is 9.88 Å². The second kappa shape index (κ2) is 5.70. The van der Waals surface area contributed by atoms with Gasteiger partial charge in [0, 0.05) is 18.4 Å². The van der Waals surface area contributed by atoms with Crippen LogP contribution in [-0.4, -0.2) is 34.5 Å². The largest absolute Gasteiger partial charge is 0.459 e. The molecule has 0 aliphatic carbocycles. The highest BCUT2D eigenvalue weighted by Crippen LogP contribution is 2.31. The van der Waals surface area contributed by atoms with Crippen molar-refractivity contribution in [3.8, 4) is 0 Å². The fourth-order valence-corrected chi connectivity index (χ4v) is 2.52. The molecule has 1 aliphatic rings. The lowest BCUT2D eigenvalue weighted by Crippen LogP contribution is -2.34. The third kappa shape index (κ3) is 4.03. The number of esters is 1. The van der Waals surface area contributed by atoms with Crippen molar-refractivity contribution in [1.29, 1.82) is 0 Å². The fourth-order valence-electron chi connectivity index (χ4n) is 2.52. The maximum Gasteiger partial charge on any atom is 0.320 e. The van der Waals surface area contributed by atoms with Gasteiger partial charge in [0.2, 0.25) is 0 Å². The van der Waals surface area contributed by atoms with E-state index >= 15 is 0 Å². The van der Waals surface area contributed by atoms with Crippen LogP contribution in [0.5, 0.6) is 0 Å². The number of pyridine rings is 1. The quantitative estimate of drug-likeness (QED) is 0.785. The zero-order valence-corrected chi connectivity index (χ0v) is 11.9. The maximum atomic E-state index is 11.9. The van der Waals surface area contributed by atoms with Crippen LogP contribution >= 0.6 is 0 Å². The van der Waals surface area contributed by atoms with E-state index in [1.807, 2.05) is 32.9 Å². The molecule has 0 saturated carbocycles. The molecule has 2 heterocycles. The number of rotatable bonds is 3. The third-order valence-electron chi connectivity index (χ3n) is 3.21. The van der Waals surface area contributed by atoms with Gasteiger partial charge in [-0.25, -0.2) is 0 Å². The zero-order chi connectivity index (χ0) is 13.9. The maximum absolute atomic E-state index is 11.9. The molecule has 1 atom stereocenters. The molecule has 104 valence electrons. The first kappa shape index (κ1) is 14.0. The van der Waals surface area contributed by atoms with E-state index in [1.165, 1.54) is 5.56 Å². The SMILES string of the molecule is CC(C)(C)OC(=O)CN1CCC[C@@H]1c1ccncc1. The second-order valence-corrected chi connectivity index (χ2v) is 6.00. The molecule has 19 heavy (non-hydrogen) atoms. The van der Waals surface area contributed by atoms with Gasteiger partial charge in [0.1, 0.15) is 5.60 Å². The predicted molar refractivity (Wildman–Crippen MR) is 73.6 cm³/mol. The summed E-state index contributed by atoms with van der Waals surface area (Å²) in [5.41, 5.74) is 0.819. The molecule has 1 saturated heterocycles. The number of carbonyl (C=O) groups is 1. The summed E-state index contributed by atoms with van der Waals surface area (Å²) in [5.74, 6) is -0.145. The lowest BCUT2D eigenvalue weighted by Gasteiger charge is -2.26. The second-order valence-electron chi connectivity index (χ2n) is 6.00. The lowest BCUT2D eigenvalue weighted by atomic mass is 10.1. The predicted octanol–water partition coefficient (Wildman–Crippen LogP) is 2.56. The van der Waals surface area contributed by atoms with Crippen LogP contribution in [0.1, 0.15) is 45.2 Å². The van der Waals surface area contributed by atoms with Crippen LogP contribution in [0.25, 0.3) is 0 Å². The van der Waals surface area contributed by atoms with Crippen LogP contribution in [0.2, 0.25) is 0 Å². The molecule has 0 spiro atoms. The van der Waals surface area contributed by atoms with Crippen LogP contribution < -0.4 is 0 Å². The average Bonchev–Trinajstić information content (AvgIpc) is 2.75. The van der Waals surface area contributed by atoms with Gasteiger partial charge in [-0.3, -0.25) is 14.7 Å².